The van der Waals surface area contributed by atoms with Crippen LogP contribution in [-0.4, -0.2) is 10.8 Å². The minimum Gasteiger partial charge on any atom is -0.382 e. The molecule has 5 heteroatoms. The number of nitrogen functional groups attached to an aromatic ring is 1. The van der Waals surface area contributed by atoms with Gasteiger partial charge in [-0.05, 0) is 31.4 Å². The fraction of sp³-hybridized carbons (Fsp3) is 0.375. The highest BCUT2D eigenvalue weighted by molar-refractivity contribution is 7.18. The fourth-order valence-electron chi connectivity index (χ4n) is 2.12. The number of ketones is 1. The van der Waals surface area contributed by atoms with Crippen molar-refractivity contribution in [1.29, 1.82) is 0 Å². The van der Waals surface area contributed by atoms with Crippen LogP contribution >= 0.6 is 11.3 Å². The van der Waals surface area contributed by atoms with Crippen LogP contribution in [0.25, 0.3) is 0 Å². The first-order valence-corrected chi connectivity index (χ1v) is 7.82. The van der Waals surface area contributed by atoms with Crippen LogP contribution in [0.15, 0.2) is 18.2 Å². The zero-order valence-corrected chi connectivity index (χ0v) is 13.7. The van der Waals surface area contributed by atoms with Crippen LogP contribution < -0.4 is 11.1 Å². The minimum atomic E-state index is 0.0636. The van der Waals surface area contributed by atoms with Gasteiger partial charge in [-0.25, -0.2) is 4.98 Å². The highest BCUT2D eigenvalue weighted by Crippen LogP contribution is 2.30. The van der Waals surface area contributed by atoms with Crippen molar-refractivity contribution in [2.24, 2.45) is 5.92 Å². The Kier molecular flexibility index (Phi) is 4.63. The number of nitrogens with two attached hydrogens (primary N) is 1. The molecule has 3 N–H and O–H groups in total. The van der Waals surface area contributed by atoms with Crippen LogP contribution in [0.4, 0.5) is 16.6 Å². The van der Waals surface area contributed by atoms with Crippen LogP contribution in [0, 0.1) is 19.8 Å². The van der Waals surface area contributed by atoms with E-state index in [9.17, 15) is 4.79 Å². The lowest BCUT2D eigenvalue weighted by atomic mass is 10.1. The summed E-state index contributed by atoms with van der Waals surface area (Å²) in [4.78, 5) is 16.9. The molecule has 0 amide bonds. The number of carbonyl (C=O) groups is 1. The second-order valence-corrected chi connectivity index (χ2v) is 6.70. The Labute approximate surface area is 129 Å². The number of Topliss-reactive ketones (excluding diaryl/α,β-unsaturated/α-hetero) is 1. The number of benzene rings is 1. The van der Waals surface area contributed by atoms with Gasteiger partial charge in [0.25, 0.3) is 0 Å². The van der Waals surface area contributed by atoms with Gasteiger partial charge in [-0.2, -0.15) is 0 Å². The normalized spacial score (nSPS) is 10.9. The summed E-state index contributed by atoms with van der Waals surface area (Å²) in [6, 6.07) is 6.15. The van der Waals surface area contributed by atoms with Crippen LogP contribution in [0.1, 0.15) is 41.1 Å². The van der Waals surface area contributed by atoms with Gasteiger partial charge in [0.05, 0.1) is 0 Å². The van der Waals surface area contributed by atoms with E-state index >= 15 is 0 Å². The molecule has 1 aromatic carbocycles. The number of hydrogen-bond acceptors (Lipinski definition) is 5. The monoisotopic (exact) mass is 303 g/mol. The second-order valence-electron chi connectivity index (χ2n) is 5.70. The molecule has 0 saturated carbocycles. The van der Waals surface area contributed by atoms with Gasteiger partial charge in [0.2, 0.25) is 0 Å². The first-order chi connectivity index (χ1) is 9.86. The molecule has 0 radical (unpaired) electrons. The van der Waals surface area contributed by atoms with Crippen molar-refractivity contribution < 1.29 is 4.79 Å². The van der Waals surface area contributed by atoms with Crippen molar-refractivity contribution in [3.63, 3.8) is 0 Å². The Balaban J connectivity index is 2.20. The van der Waals surface area contributed by atoms with Crippen molar-refractivity contribution in [3.8, 4) is 0 Å². The molecule has 4 nitrogen and oxygen atoms in total. The Bertz CT molecular complexity index is 662. The molecule has 21 heavy (non-hydrogen) atoms. The zero-order chi connectivity index (χ0) is 15.6. The zero-order valence-electron chi connectivity index (χ0n) is 12.9. The molecule has 0 saturated heterocycles. The molecule has 0 fully saturated rings. The smallest absolute Gasteiger partial charge is 0.189 e. The van der Waals surface area contributed by atoms with Crippen LogP contribution in [0.5, 0.6) is 0 Å². The molecule has 2 rings (SSSR count). The topological polar surface area (TPSA) is 68.0 Å². The van der Waals surface area contributed by atoms with E-state index in [-0.39, 0.29) is 5.78 Å². The number of carbonyl (C=O) groups excluding carboxylic acids is 1. The van der Waals surface area contributed by atoms with Gasteiger partial charge in [0.15, 0.2) is 10.9 Å². The highest BCUT2D eigenvalue weighted by Gasteiger charge is 2.17. The molecule has 0 bridgehead atoms. The number of hydrogen-bond donors (Lipinski definition) is 2. The summed E-state index contributed by atoms with van der Waals surface area (Å²) in [6.45, 7) is 8.13. The van der Waals surface area contributed by atoms with Crippen LogP contribution in [0.2, 0.25) is 0 Å². The van der Waals surface area contributed by atoms with E-state index in [1.807, 2.05) is 32.9 Å². The molecule has 0 aliphatic carbocycles. The van der Waals surface area contributed by atoms with E-state index in [0.717, 1.165) is 11.3 Å². The first kappa shape index (κ1) is 15.5. The minimum absolute atomic E-state index is 0.0636. The lowest BCUT2D eigenvalue weighted by molar-refractivity contribution is 0.0972. The molecule has 1 aromatic heterocycles. The van der Waals surface area contributed by atoms with Gasteiger partial charge >= 0.3 is 0 Å². The molecular weight excluding hydrogens is 282 g/mol. The summed E-state index contributed by atoms with van der Waals surface area (Å²) in [5.74, 6) is 0.696. The fourth-order valence-corrected chi connectivity index (χ4v) is 2.96. The Hall–Kier alpha value is -1.88. The Morgan fingerprint density at radius 3 is 2.71 bits per heavy atom. The van der Waals surface area contributed by atoms with Gasteiger partial charge < -0.3 is 11.1 Å². The lowest BCUT2D eigenvalue weighted by Gasteiger charge is -2.07. The number of nitrogens with zero attached hydrogens (tertiary/aromatic N) is 1. The molecule has 0 aliphatic rings. The van der Waals surface area contributed by atoms with E-state index in [4.69, 9.17) is 5.73 Å². The third-order valence-corrected chi connectivity index (χ3v) is 4.15. The SMILES string of the molecule is Cc1ccc(Nc2nc(N)c(C(=O)CC(C)C)s2)c(C)c1. The first-order valence-electron chi connectivity index (χ1n) is 7.00. The molecular formula is C16H21N3OS. The molecule has 0 unspecified atom stereocenters. The van der Waals surface area contributed by atoms with E-state index in [1.165, 1.54) is 16.9 Å². The standard InChI is InChI=1S/C16H21N3OS/c1-9(2)7-13(20)14-15(17)19-16(21-14)18-12-6-5-10(3)8-11(12)4/h5-6,8-9H,7,17H2,1-4H3,(H,18,19). The molecule has 2 aromatic rings. The van der Waals surface area contributed by atoms with Gasteiger partial charge in [-0.1, -0.05) is 42.9 Å². The van der Waals surface area contributed by atoms with Crippen molar-refractivity contribution in [2.75, 3.05) is 11.1 Å². The van der Waals surface area contributed by atoms with Gasteiger partial charge in [0.1, 0.15) is 10.7 Å². The van der Waals surface area contributed by atoms with E-state index in [1.54, 1.807) is 0 Å². The number of aryl methyl sites for hydroxylation is 2. The van der Waals surface area contributed by atoms with E-state index < -0.39 is 0 Å². The predicted octanol–water partition coefficient (Wildman–Crippen LogP) is 4.31. The van der Waals surface area contributed by atoms with Crippen LogP contribution in [-0.2, 0) is 0 Å². The summed E-state index contributed by atoms with van der Waals surface area (Å²) in [5.41, 5.74) is 9.21. The highest BCUT2D eigenvalue weighted by atomic mass is 32.1. The molecule has 0 aliphatic heterocycles. The lowest BCUT2D eigenvalue weighted by Crippen LogP contribution is -2.04. The molecule has 1 heterocycles. The average molecular weight is 303 g/mol. The van der Waals surface area contributed by atoms with E-state index in [2.05, 4.69) is 23.3 Å². The summed E-state index contributed by atoms with van der Waals surface area (Å²) in [7, 11) is 0. The number of rotatable bonds is 5. The summed E-state index contributed by atoms with van der Waals surface area (Å²) in [5, 5.41) is 3.90. The average Bonchev–Trinajstić information content (AvgIpc) is 2.73. The third-order valence-electron chi connectivity index (χ3n) is 3.12. The van der Waals surface area contributed by atoms with Gasteiger partial charge in [0, 0.05) is 12.1 Å². The maximum Gasteiger partial charge on any atom is 0.189 e. The number of aromatic nitrogens is 1. The summed E-state index contributed by atoms with van der Waals surface area (Å²) < 4.78 is 0. The summed E-state index contributed by atoms with van der Waals surface area (Å²) >= 11 is 1.32. The number of anilines is 3. The Morgan fingerprint density at radius 1 is 1.38 bits per heavy atom. The van der Waals surface area contributed by atoms with Gasteiger partial charge in [-0.3, -0.25) is 4.79 Å². The predicted molar refractivity (Wildman–Crippen MR) is 89.5 cm³/mol. The molecule has 112 valence electrons. The van der Waals surface area contributed by atoms with Crippen molar-refractivity contribution in [1.82, 2.24) is 4.98 Å². The Morgan fingerprint density at radius 2 is 2.10 bits per heavy atom. The number of thiazole rings is 1. The maximum absolute atomic E-state index is 12.1. The largest absolute Gasteiger partial charge is 0.382 e. The molecule has 0 spiro atoms. The van der Waals surface area contributed by atoms with Gasteiger partial charge in [-0.15, -0.1) is 0 Å². The van der Waals surface area contributed by atoms with Crippen molar-refractivity contribution >= 4 is 33.8 Å². The second kappa shape index (κ2) is 6.26. The summed E-state index contributed by atoms with van der Waals surface area (Å²) in [6.07, 6.45) is 0.495. The third kappa shape index (κ3) is 3.82. The quantitative estimate of drug-likeness (QED) is 0.807. The van der Waals surface area contributed by atoms with Crippen LogP contribution in [0.3, 0.4) is 0 Å². The van der Waals surface area contributed by atoms with Crippen molar-refractivity contribution in [2.45, 2.75) is 34.1 Å². The number of nitrogens with one attached hydrogen (secondary N) is 1. The van der Waals surface area contributed by atoms with Crippen molar-refractivity contribution in [3.05, 3.63) is 34.2 Å². The van der Waals surface area contributed by atoms with E-state index in [0.29, 0.717) is 28.2 Å². The maximum atomic E-state index is 12.1. The molecule has 0 atom stereocenters.